The van der Waals surface area contributed by atoms with Crippen LogP contribution in [0.5, 0.6) is 0 Å². The van der Waals surface area contributed by atoms with E-state index in [0.717, 1.165) is 12.2 Å². The van der Waals surface area contributed by atoms with Gasteiger partial charge in [0, 0.05) is 17.3 Å². The van der Waals surface area contributed by atoms with Gasteiger partial charge in [0.2, 0.25) is 5.91 Å². The topological polar surface area (TPSA) is 32.3 Å². The van der Waals surface area contributed by atoms with Crippen LogP contribution in [0, 0.1) is 6.92 Å². The fourth-order valence-electron chi connectivity index (χ4n) is 2.15. The molecule has 0 aliphatic rings. The molecule has 0 radical (unpaired) electrons. The number of halogens is 1. The highest BCUT2D eigenvalue weighted by atomic mass is 35.5. The molecule has 0 atom stereocenters. The van der Waals surface area contributed by atoms with E-state index in [-0.39, 0.29) is 5.91 Å². The highest BCUT2D eigenvalue weighted by molar-refractivity contribution is 6.30. The first-order chi connectivity index (χ1) is 10.0. The number of carbonyl (C=O) groups is 1. The van der Waals surface area contributed by atoms with E-state index in [9.17, 15) is 4.79 Å². The maximum Gasteiger partial charge on any atom is 0.238 e. The van der Waals surface area contributed by atoms with Crippen LogP contribution in [0.4, 0.5) is 5.69 Å². The first-order valence-electron chi connectivity index (χ1n) is 6.83. The Kier molecular flexibility index (Phi) is 5.37. The lowest BCUT2D eigenvalue weighted by atomic mass is 10.1. The van der Waals surface area contributed by atoms with Crippen molar-refractivity contribution in [1.29, 1.82) is 0 Å². The van der Waals surface area contributed by atoms with Crippen LogP contribution < -0.4 is 5.32 Å². The summed E-state index contributed by atoms with van der Waals surface area (Å²) in [6.07, 6.45) is 0. The van der Waals surface area contributed by atoms with E-state index in [2.05, 4.69) is 24.4 Å². The Balaban J connectivity index is 1.89. The molecule has 0 aliphatic carbocycles. The van der Waals surface area contributed by atoms with E-state index in [0.29, 0.717) is 11.6 Å². The molecule has 0 heterocycles. The minimum Gasteiger partial charge on any atom is -0.325 e. The monoisotopic (exact) mass is 302 g/mol. The first-order valence-corrected chi connectivity index (χ1v) is 7.21. The van der Waals surface area contributed by atoms with Gasteiger partial charge in [-0.3, -0.25) is 9.69 Å². The summed E-state index contributed by atoms with van der Waals surface area (Å²) in [5.74, 6) is -0.0478. The van der Waals surface area contributed by atoms with Crippen LogP contribution in [0.2, 0.25) is 5.02 Å². The molecule has 0 unspecified atom stereocenters. The molecule has 2 rings (SSSR count). The van der Waals surface area contributed by atoms with Crippen molar-refractivity contribution in [2.24, 2.45) is 0 Å². The Bertz CT molecular complexity index is 628. The molecule has 110 valence electrons. The zero-order valence-electron chi connectivity index (χ0n) is 12.3. The summed E-state index contributed by atoms with van der Waals surface area (Å²) in [6.45, 7) is 3.16. The quantitative estimate of drug-likeness (QED) is 0.913. The van der Waals surface area contributed by atoms with Gasteiger partial charge in [0.25, 0.3) is 0 Å². The van der Waals surface area contributed by atoms with Crippen LogP contribution in [0.15, 0.2) is 48.5 Å². The van der Waals surface area contributed by atoms with Crippen molar-refractivity contribution in [3.63, 3.8) is 0 Å². The number of carbonyl (C=O) groups excluding carboxylic acids is 1. The predicted octanol–water partition coefficient (Wildman–Crippen LogP) is 3.72. The summed E-state index contributed by atoms with van der Waals surface area (Å²) >= 11 is 5.90. The summed E-state index contributed by atoms with van der Waals surface area (Å²) in [6, 6.07) is 15.4. The number of nitrogens with zero attached hydrogens (tertiary/aromatic N) is 1. The lowest BCUT2D eigenvalue weighted by molar-refractivity contribution is -0.117. The molecule has 0 aromatic heterocycles. The average molecular weight is 303 g/mol. The molecular weight excluding hydrogens is 284 g/mol. The van der Waals surface area contributed by atoms with Gasteiger partial charge in [-0.1, -0.05) is 41.9 Å². The summed E-state index contributed by atoms with van der Waals surface area (Å²) in [7, 11) is 1.93. The van der Waals surface area contributed by atoms with Crippen LogP contribution in [-0.2, 0) is 11.3 Å². The lowest BCUT2D eigenvalue weighted by Gasteiger charge is -2.17. The van der Waals surface area contributed by atoms with Crippen molar-refractivity contribution < 1.29 is 4.79 Å². The van der Waals surface area contributed by atoms with Gasteiger partial charge in [-0.15, -0.1) is 0 Å². The maximum atomic E-state index is 12.0. The van der Waals surface area contributed by atoms with Gasteiger partial charge < -0.3 is 5.32 Å². The third-order valence-corrected chi connectivity index (χ3v) is 3.46. The number of anilines is 1. The standard InChI is InChI=1S/C17H19ClN2O/c1-13-6-3-4-7-14(13)11-20(2)12-17(21)19-16-9-5-8-15(18)10-16/h3-10H,11-12H2,1-2H3,(H,19,21). The Morgan fingerprint density at radius 2 is 1.95 bits per heavy atom. The number of benzene rings is 2. The number of nitrogens with one attached hydrogen (secondary N) is 1. The van der Waals surface area contributed by atoms with Gasteiger partial charge >= 0.3 is 0 Å². The molecule has 21 heavy (non-hydrogen) atoms. The van der Waals surface area contributed by atoms with E-state index in [1.807, 2.05) is 36.2 Å². The molecule has 3 nitrogen and oxygen atoms in total. The van der Waals surface area contributed by atoms with Gasteiger partial charge in [0.15, 0.2) is 0 Å². The van der Waals surface area contributed by atoms with Crippen LogP contribution in [0.25, 0.3) is 0 Å². The van der Waals surface area contributed by atoms with Crippen molar-refractivity contribution in [3.8, 4) is 0 Å². The number of amides is 1. The molecule has 0 fully saturated rings. The van der Waals surface area contributed by atoms with E-state index >= 15 is 0 Å². The Morgan fingerprint density at radius 3 is 2.67 bits per heavy atom. The fraction of sp³-hybridized carbons (Fsp3) is 0.235. The zero-order valence-corrected chi connectivity index (χ0v) is 13.0. The largest absolute Gasteiger partial charge is 0.325 e. The molecule has 2 aromatic carbocycles. The molecule has 1 amide bonds. The van der Waals surface area contributed by atoms with E-state index in [4.69, 9.17) is 11.6 Å². The molecular formula is C17H19ClN2O. The molecule has 2 aromatic rings. The van der Waals surface area contributed by atoms with Crippen molar-refractivity contribution >= 4 is 23.2 Å². The van der Waals surface area contributed by atoms with Crippen LogP contribution >= 0.6 is 11.6 Å². The summed E-state index contributed by atoms with van der Waals surface area (Å²) in [4.78, 5) is 14.0. The van der Waals surface area contributed by atoms with Crippen molar-refractivity contribution in [2.75, 3.05) is 18.9 Å². The highest BCUT2D eigenvalue weighted by Gasteiger charge is 2.08. The number of hydrogen-bond acceptors (Lipinski definition) is 2. The third kappa shape index (κ3) is 4.88. The molecule has 0 saturated heterocycles. The Hall–Kier alpha value is -1.84. The van der Waals surface area contributed by atoms with E-state index < -0.39 is 0 Å². The molecule has 1 N–H and O–H groups in total. The Labute approximate surface area is 130 Å². The van der Waals surface area contributed by atoms with Gasteiger partial charge in [-0.2, -0.15) is 0 Å². The zero-order chi connectivity index (χ0) is 15.2. The minimum atomic E-state index is -0.0478. The van der Waals surface area contributed by atoms with Crippen molar-refractivity contribution in [1.82, 2.24) is 4.90 Å². The van der Waals surface area contributed by atoms with Gasteiger partial charge in [0.05, 0.1) is 6.54 Å². The molecule has 0 bridgehead atoms. The predicted molar refractivity (Wildman–Crippen MR) is 87.6 cm³/mol. The number of hydrogen-bond donors (Lipinski definition) is 1. The second-order valence-corrected chi connectivity index (χ2v) is 5.59. The smallest absolute Gasteiger partial charge is 0.238 e. The second kappa shape index (κ2) is 7.25. The number of rotatable bonds is 5. The third-order valence-electron chi connectivity index (χ3n) is 3.22. The van der Waals surface area contributed by atoms with Crippen LogP contribution in [0.3, 0.4) is 0 Å². The lowest BCUT2D eigenvalue weighted by Crippen LogP contribution is -2.30. The molecule has 4 heteroatoms. The number of aryl methyl sites for hydroxylation is 1. The average Bonchev–Trinajstić information content (AvgIpc) is 2.41. The van der Waals surface area contributed by atoms with Gasteiger partial charge in [0.1, 0.15) is 0 Å². The second-order valence-electron chi connectivity index (χ2n) is 5.16. The SMILES string of the molecule is Cc1ccccc1CN(C)CC(=O)Nc1cccc(Cl)c1. The normalized spacial score (nSPS) is 10.7. The summed E-state index contributed by atoms with van der Waals surface area (Å²) in [5.41, 5.74) is 3.19. The minimum absolute atomic E-state index is 0.0478. The van der Waals surface area contributed by atoms with E-state index in [1.165, 1.54) is 11.1 Å². The molecule has 0 aliphatic heterocycles. The Morgan fingerprint density at radius 1 is 1.19 bits per heavy atom. The van der Waals surface area contributed by atoms with Crippen LogP contribution in [0.1, 0.15) is 11.1 Å². The maximum absolute atomic E-state index is 12.0. The van der Waals surface area contributed by atoms with Crippen molar-refractivity contribution in [2.45, 2.75) is 13.5 Å². The molecule has 0 spiro atoms. The van der Waals surface area contributed by atoms with Gasteiger partial charge in [-0.05, 0) is 43.3 Å². The summed E-state index contributed by atoms with van der Waals surface area (Å²) in [5, 5.41) is 3.46. The first kappa shape index (κ1) is 15.5. The number of likely N-dealkylation sites (N-methyl/N-ethyl adjacent to an activating group) is 1. The van der Waals surface area contributed by atoms with Gasteiger partial charge in [-0.25, -0.2) is 0 Å². The highest BCUT2D eigenvalue weighted by Crippen LogP contribution is 2.15. The summed E-state index contributed by atoms with van der Waals surface area (Å²) < 4.78 is 0. The van der Waals surface area contributed by atoms with Crippen LogP contribution in [-0.4, -0.2) is 24.4 Å². The fourth-order valence-corrected chi connectivity index (χ4v) is 2.34. The molecule has 0 saturated carbocycles. The van der Waals surface area contributed by atoms with E-state index in [1.54, 1.807) is 12.1 Å². The van der Waals surface area contributed by atoms with Crippen molar-refractivity contribution in [3.05, 3.63) is 64.7 Å².